The molecular weight excluding hydrogens is 404 g/mol. The fourth-order valence-electron chi connectivity index (χ4n) is 4.37. The van der Waals surface area contributed by atoms with Gasteiger partial charge in [0.1, 0.15) is 0 Å². The Morgan fingerprint density at radius 1 is 1.20 bits per heavy atom. The third kappa shape index (κ3) is 6.03. The Kier molecular flexibility index (Phi) is 7.46. The molecule has 0 aromatic carbocycles. The number of hydrogen-bond donors (Lipinski definition) is 0. The van der Waals surface area contributed by atoms with Crippen LogP contribution in [0.2, 0.25) is 0 Å². The quantitative estimate of drug-likeness (QED) is 0.515. The summed E-state index contributed by atoms with van der Waals surface area (Å²) in [4.78, 5) is 9.10. The molecule has 1 aromatic rings. The standard InChI is InChI=1S/C21H36N4O4S/c1-23(7-3-8-24-9-12-28-13-10-24)15-19-14-22-21(30(26,27)17-18-5-6-18)25(19)16-20-4-2-11-29-20/h14,18,20H,2-13,15-17H2,1H3. The van der Waals surface area contributed by atoms with Crippen LogP contribution in [0.3, 0.4) is 0 Å². The summed E-state index contributed by atoms with van der Waals surface area (Å²) >= 11 is 0. The van der Waals surface area contributed by atoms with Crippen LogP contribution < -0.4 is 0 Å². The van der Waals surface area contributed by atoms with Crippen molar-refractivity contribution in [1.29, 1.82) is 0 Å². The maximum Gasteiger partial charge on any atom is 0.227 e. The second-order valence-corrected chi connectivity index (χ2v) is 11.0. The van der Waals surface area contributed by atoms with E-state index in [1.165, 1.54) is 0 Å². The van der Waals surface area contributed by atoms with E-state index in [1.807, 2.05) is 4.57 Å². The van der Waals surface area contributed by atoms with Crippen LogP contribution in [0.1, 0.15) is 37.8 Å². The lowest BCUT2D eigenvalue weighted by molar-refractivity contribution is 0.0363. The monoisotopic (exact) mass is 440 g/mol. The summed E-state index contributed by atoms with van der Waals surface area (Å²) in [5, 5.41) is 0.238. The maximum absolute atomic E-state index is 13.0. The Bertz CT molecular complexity index is 781. The first-order chi connectivity index (χ1) is 14.5. The highest BCUT2D eigenvalue weighted by molar-refractivity contribution is 7.91. The minimum Gasteiger partial charge on any atom is -0.379 e. The average Bonchev–Trinajstić information content (AvgIpc) is 3.21. The van der Waals surface area contributed by atoms with Crippen LogP contribution in [-0.4, -0.2) is 92.7 Å². The van der Waals surface area contributed by atoms with Crippen LogP contribution in [0.15, 0.2) is 11.4 Å². The van der Waals surface area contributed by atoms with Crippen LogP contribution in [0.4, 0.5) is 0 Å². The lowest BCUT2D eigenvalue weighted by Gasteiger charge is -2.27. The van der Waals surface area contributed by atoms with E-state index in [4.69, 9.17) is 9.47 Å². The van der Waals surface area contributed by atoms with Gasteiger partial charge in [0.05, 0.1) is 43.5 Å². The average molecular weight is 441 g/mol. The molecule has 1 aliphatic carbocycles. The van der Waals surface area contributed by atoms with Crippen LogP contribution >= 0.6 is 0 Å². The Labute approximate surface area is 180 Å². The molecular formula is C21H36N4O4S. The summed E-state index contributed by atoms with van der Waals surface area (Å²) in [5.74, 6) is 0.541. The Morgan fingerprint density at radius 2 is 2.00 bits per heavy atom. The normalized spacial score (nSPS) is 23.5. The lowest BCUT2D eigenvalue weighted by Crippen LogP contribution is -2.37. The van der Waals surface area contributed by atoms with E-state index < -0.39 is 9.84 Å². The first-order valence-electron chi connectivity index (χ1n) is 11.4. The number of ether oxygens (including phenoxy) is 2. The van der Waals surface area contributed by atoms with E-state index in [1.54, 1.807) is 6.20 Å². The smallest absolute Gasteiger partial charge is 0.227 e. The molecule has 3 fully saturated rings. The molecule has 1 atom stereocenters. The largest absolute Gasteiger partial charge is 0.379 e. The van der Waals surface area contributed by atoms with Crippen molar-refractivity contribution in [3.63, 3.8) is 0 Å². The van der Waals surface area contributed by atoms with Gasteiger partial charge in [-0.05, 0) is 58.2 Å². The predicted molar refractivity (Wildman–Crippen MR) is 114 cm³/mol. The third-order valence-corrected chi connectivity index (χ3v) is 8.08. The highest BCUT2D eigenvalue weighted by Gasteiger charge is 2.33. The number of rotatable bonds is 11. The molecule has 30 heavy (non-hydrogen) atoms. The fraction of sp³-hybridized carbons (Fsp3) is 0.857. The highest BCUT2D eigenvalue weighted by atomic mass is 32.2. The van der Waals surface area contributed by atoms with Gasteiger partial charge in [0.25, 0.3) is 0 Å². The van der Waals surface area contributed by atoms with Gasteiger partial charge in [0.15, 0.2) is 0 Å². The molecule has 3 heterocycles. The van der Waals surface area contributed by atoms with Gasteiger partial charge in [0.2, 0.25) is 15.0 Å². The summed E-state index contributed by atoms with van der Waals surface area (Å²) in [6.45, 7) is 7.77. The second kappa shape index (κ2) is 10.1. The SMILES string of the molecule is CN(CCCN1CCOCC1)Cc1cnc(S(=O)(=O)CC2CC2)n1CC1CCCO1. The zero-order chi connectivity index (χ0) is 21.0. The van der Waals surface area contributed by atoms with E-state index in [2.05, 4.69) is 21.8 Å². The van der Waals surface area contributed by atoms with E-state index in [0.717, 1.165) is 83.8 Å². The van der Waals surface area contributed by atoms with Gasteiger partial charge in [-0.2, -0.15) is 0 Å². The van der Waals surface area contributed by atoms with E-state index in [0.29, 0.717) is 19.0 Å². The molecule has 0 spiro atoms. The second-order valence-electron chi connectivity index (χ2n) is 9.05. The molecule has 1 unspecified atom stereocenters. The number of nitrogens with zero attached hydrogens (tertiary/aromatic N) is 4. The van der Waals surface area contributed by atoms with Gasteiger partial charge in [-0.3, -0.25) is 4.90 Å². The van der Waals surface area contributed by atoms with Crippen molar-refractivity contribution in [3.8, 4) is 0 Å². The fourth-order valence-corrected chi connectivity index (χ4v) is 6.21. The number of morpholine rings is 1. The van der Waals surface area contributed by atoms with Crippen LogP contribution in [0.5, 0.6) is 0 Å². The number of aromatic nitrogens is 2. The molecule has 2 aliphatic heterocycles. The van der Waals surface area contributed by atoms with Crippen LogP contribution in [0.25, 0.3) is 0 Å². The van der Waals surface area contributed by atoms with E-state index >= 15 is 0 Å². The molecule has 3 aliphatic rings. The molecule has 0 amide bonds. The van der Waals surface area contributed by atoms with Crippen molar-refractivity contribution >= 4 is 9.84 Å². The molecule has 4 rings (SSSR count). The summed E-state index contributed by atoms with van der Waals surface area (Å²) in [6, 6.07) is 0. The summed E-state index contributed by atoms with van der Waals surface area (Å²) in [5.41, 5.74) is 0.966. The summed E-state index contributed by atoms with van der Waals surface area (Å²) < 4.78 is 39.1. The molecule has 1 aromatic heterocycles. The topological polar surface area (TPSA) is 76.9 Å². The number of sulfone groups is 1. The van der Waals surface area contributed by atoms with Gasteiger partial charge in [-0.25, -0.2) is 13.4 Å². The Morgan fingerprint density at radius 3 is 2.70 bits per heavy atom. The first-order valence-corrected chi connectivity index (χ1v) is 13.0. The van der Waals surface area contributed by atoms with Gasteiger partial charge < -0.3 is 18.9 Å². The Hall–Kier alpha value is -1.00. The van der Waals surface area contributed by atoms with Crippen molar-refractivity contribution in [2.75, 3.05) is 58.8 Å². The van der Waals surface area contributed by atoms with E-state index in [-0.39, 0.29) is 17.0 Å². The Balaban J connectivity index is 1.39. The van der Waals surface area contributed by atoms with Crippen LogP contribution in [-0.2, 0) is 32.4 Å². The minimum absolute atomic E-state index is 0.0828. The number of imidazole rings is 1. The molecule has 9 heteroatoms. The first kappa shape index (κ1) is 22.2. The van der Waals surface area contributed by atoms with Gasteiger partial charge in [-0.1, -0.05) is 0 Å². The molecule has 0 bridgehead atoms. The van der Waals surface area contributed by atoms with Crippen molar-refractivity contribution in [1.82, 2.24) is 19.4 Å². The molecule has 170 valence electrons. The van der Waals surface area contributed by atoms with Crippen molar-refractivity contribution < 1.29 is 17.9 Å². The molecule has 2 saturated heterocycles. The predicted octanol–water partition coefficient (Wildman–Crippen LogP) is 1.40. The van der Waals surface area contributed by atoms with Crippen molar-refractivity contribution in [3.05, 3.63) is 11.9 Å². The maximum atomic E-state index is 13.0. The molecule has 0 radical (unpaired) electrons. The van der Waals surface area contributed by atoms with Crippen molar-refractivity contribution in [2.45, 2.75) is 56.5 Å². The van der Waals surface area contributed by atoms with Crippen molar-refractivity contribution in [2.24, 2.45) is 5.92 Å². The van der Waals surface area contributed by atoms with Gasteiger partial charge in [0, 0.05) is 26.2 Å². The summed E-state index contributed by atoms with van der Waals surface area (Å²) in [6.07, 6.45) is 6.99. The molecule has 1 saturated carbocycles. The van der Waals surface area contributed by atoms with Gasteiger partial charge >= 0.3 is 0 Å². The minimum atomic E-state index is -3.36. The highest BCUT2D eigenvalue weighted by Crippen LogP contribution is 2.32. The molecule has 8 nitrogen and oxygen atoms in total. The third-order valence-electron chi connectivity index (χ3n) is 6.29. The van der Waals surface area contributed by atoms with E-state index in [9.17, 15) is 8.42 Å². The zero-order valence-corrected chi connectivity index (χ0v) is 19.0. The number of hydrogen-bond acceptors (Lipinski definition) is 7. The molecule has 0 N–H and O–H groups in total. The lowest BCUT2D eigenvalue weighted by atomic mass is 10.2. The zero-order valence-electron chi connectivity index (χ0n) is 18.2. The van der Waals surface area contributed by atoms with Gasteiger partial charge in [-0.15, -0.1) is 0 Å². The summed E-state index contributed by atoms with van der Waals surface area (Å²) in [7, 11) is -1.26. The van der Waals surface area contributed by atoms with Crippen LogP contribution in [0, 0.1) is 5.92 Å².